The van der Waals surface area contributed by atoms with Gasteiger partial charge in [-0.2, -0.15) is 0 Å². The van der Waals surface area contributed by atoms with E-state index in [-0.39, 0.29) is 0 Å². The van der Waals surface area contributed by atoms with E-state index in [2.05, 4.69) is 20.2 Å². The lowest BCUT2D eigenvalue weighted by Crippen LogP contribution is -1.87. The zero-order chi connectivity index (χ0) is 10.7. The van der Waals surface area contributed by atoms with Crippen molar-refractivity contribution in [2.24, 2.45) is 0 Å². The van der Waals surface area contributed by atoms with Gasteiger partial charge < -0.3 is 0 Å². The summed E-state index contributed by atoms with van der Waals surface area (Å²) in [6.45, 7) is 0. The zero-order valence-electron chi connectivity index (χ0n) is 7.26. The van der Waals surface area contributed by atoms with Crippen LogP contribution in [0.4, 0.5) is 0 Å². The molecule has 76 valence electrons. The van der Waals surface area contributed by atoms with Crippen LogP contribution in [0.5, 0.6) is 0 Å². The van der Waals surface area contributed by atoms with Gasteiger partial charge in [-0.3, -0.25) is 0 Å². The molecule has 0 spiro atoms. The second kappa shape index (κ2) is 4.74. The van der Waals surface area contributed by atoms with Crippen LogP contribution in [0.2, 0.25) is 10.3 Å². The molecule has 2 heterocycles. The Labute approximate surface area is 100 Å². The number of nitrogens with zero attached hydrogens (tertiary/aromatic N) is 4. The summed E-state index contributed by atoms with van der Waals surface area (Å²) in [6.07, 6.45) is 3.12. The Balaban J connectivity index is 2.28. The molecule has 4 nitrogen and oxygen atoms in total. The van der Waals surface area contributed by atoms with Gasteiger partial charge in [-0.05, 0) is 12.1 Å². The lowest BCUT2D eigenvalue weighted by molar-refractivity contribution is 0.993. The van der Waals surface area contributed by atoms with Crippen LogP contribution in [0, 0.1) is 0 Å². The Morgan fingerprint density at radius 3 is 2.80 bits per heavy atom. The van der Waals surface area contributed by atoms with Crippen LogP contribution in [0.25, 0.3) is 0 Å². The van der Waals surface area contributed by atoms with E-state index in [1.165, 1.54) is 18.1 Å². The second-order valence-corrected chi connectivity index (χ2v) is 4.28. The van der Waals surface area contributed by atoms with Crippen LogP contribution < -0.4 is 0 Å². The SMILES string of the molecule is Clc1cc(Sc2ccncn2)c(Cl)nn1. The highest BCUT2D eigenvalue weighted by atomic mass is 35.5. The molecule has 0 bridgehead atoms. The summed E-state index contributed by atoms with van der Waals surface area (Å²) in [5.74, 6) is 0. The van der Waals surface area contributed by atoms with Crippen LogP contribution >= 0.6 is 35.0 Å². The highest BCUT2D eigenvalue weighted by molar-refractivity contribution is 7.99. The van der Waals surface area contributed by atoms with E-state index in [1.807, 2.05) is 0 Å². The molecular formula is C8H4Cl2N4S. The van der Waals surface area contributed by atoms with Crippen molar-refractivity contribution in [3.63, 3.8) is 0 Å². The number of halogens is 2. The van der Waals surface area contributed by atoms with Crippen molar-refractivity contribution in [2.75, 3.05) is 0 Å². The lowest BCUT2D eigenvalue weighted by atomic mass is 10.6. The Morgan fingerprint density at radius 1 is 1.20 bits per heavy atom. The van der Waals surface area contributed by atoms with Crippen molar-refractivity contribution in [1.82, 2.24) is 20.2 Å². The minimum atomic E-state index is 0.302. The predicted octanol–water partition coefficient (Wildman–Crippen LogP) is 2.72. The predicted molar refractivity (Wildman–Crippen MR) is 58.2 cm³/mol. The molecule has 2 rings (SSSR count). The standard InChI is InChI=1S/C8H4Cl2N4S/c9-6-3-5(8(10)14-13-6)15-7-1-2-11-4-12-7/h1-4H. The molecule has 0 saturated carbocycles. The van der Waals surface area contributed by atoms with Crippen molar-refractivity contribution in [1.29, 1.82) is 0 Å². The van der Waals surface area contributed by atoms with Crippen molar-refractivity contribution in [3.05, 3.63) is 35.0 Å². The number of hydrogen-bond acceptors (Lipinski definition) is 5. The van der Waals surface area contributed by atoms with Crippen molar-refractivity contribution in [2.45, 2.75) is 9.92 Å². The van der Waals surface area contributed by atoms with Crippen LogP contribution in [0.3, 0.4) is 0 Å². The summed E-state index contributed by atoms with van der Waals surface area (Å²) in [6, 6.07) is 3.42. The molecule has 0 atom stereocenters. The van der Waals surface area contributed by atoms with E-state index in [0.717, 1.165) is 9.92 Å². The van der Waals surface area contributed by atoms with Crippen LogP contribution in [-0.2, 0) is 0 Å². The summed E-state index contributed by atoms with van der Waals surface area (Å²) in [5.41, 5.74) is 0. The average Bonchev–Trinajstić information content (AvgIpc) is 2.25. The van der Waals surface area contributed by atoms with Gasteiger partial charge in [0.1, 0.15) is 11.4 Å². The molecule has 0 aliphatic rings. The summed E-state index contributed by atoms with van der Waals surface area (Å²) >= 11 is 12.9. The quantitative estimate of drug-likeness (QED) is 0.776. The largest absolute Gasteiger partial charge is 0.245 e. The van der Waals surface area contributed by atoms with Gasteiger partial charge in [-0.25, -0.2) is 9.97 Å². The van der Waals surface area contributed by atoms with E-state index >= 15 is 0 Å². The first-order valence-electron chi connectivity index (χ1n) is 3.88. The molecule has 15 heavy (non-hydrogen) atoms. The molecule has 0 amide bonds. The summed E-state index contributed by atoms with van der Waals surface area (Å²) < 4.78 is 0. The monoisotopic (exact) mass is 258 g/mol. The van der Waals surface area contributed by atoms with E-state index in [9.17, 15) is 0 Å². The minimum absolute atomic E-state index is 0.302. The van der Waals surface area contributed by atoms with Crippen molar-refractivity contribution < 1.29 is 0 Å². The Bertz CT molecular complexity index is 465. The molecule has 0 aliphatic heterocycles. The normalized spacial score (nSPS) is 10.3. The minimum Gasteiger partial charge on any atom is -0.245 e. The van der Waals surface area contributed by atoms with Gasteiger partial charge in [0.05, 0.1) is 4.90 Å². The molecule has 0 aliphatic carbocycles. The van der Waals surface area contributed by atoms with E-state index in [0.29, 0.717) is 10.3 Å². The Morgan fingerprint density at radius 2 is 2.07 bits per heavy atom. The number of hydrogen-bond donors (Lipinski definition) is 0. The first-order valence-corrected chi connectivity index (χ1v) is 5.45. The number of aromatic nitrogens is 4. The van der Waals surface area contributed by atoms with Gasteiger partial charge in [-0.15, -0.1) is 10.2 Å². The summed E-state index contributed by atoms with van der Waals surface area (Å²) in [5, 5.41) is 8.70. The first kappa shape index (κ1) is 10.6. The smallest absolute Gasteiger partial charge is 0.165 e. The molecule has 2 aromatic rings. The number of rotatable bonds is 2. The maximum absolute atomic E-state index is 5.85. The van der Waals surface area contributed by atoms with E-state index in [4.69, 9.17) is 23.2 Å². The highest BCUT2D eigenvalue weighted by Crippen LogP contribution is 2.31. The fourth-order valence-corrected chi connectivity index (χ4v) is 2.03. The maximum Gasteiger partial charge on any atom is 0.165 e. The third-order valence-electron chi connectivity index (χ3n) is 1.46. The van der Waals surface area contributed by atoms with Crippen molar-refractivity contribution in [3.8, 4) is 0 Å². The highest BCUT2D eigenvalue weighted by Gasteiger charge is 2.06. The van der Waals surface area contributed by atoms with Gasteiger partial charge in [0.2, 0.25) is 0 Å². The van der Waals surface area contributed by atoms with Gasteiger partial charge >= 0.3 is 0 Å². The Kier molecular flexibility index (Phi) is 3.35. The lowest BCUT2D eigenvalue weighted by Gasteiger charge is -2.01. The first-order chi connectivity index (χ1) is 7.25. The van der Waals surface area contributed by atoms with Gasteiger partial charge in [0.25, 0.3) is 0 Å². The molecule has 2 aromatic heterocycles. The molecule has 0 N–H and O–H groups in total. The van der Waals surface area contributed by atoms with Gasteiger partial charge in [0.15, 0.2) is 10.3 Å². The molecule has 0 saturated heterocycles. The summed E-state index contributed by atoms with van der Waals surface area (Å²) in [4.78, 5) is 8.58. The van der Waals surface area contributed by atoms with E-state index < -0.39 is 0 Å². The maximum atomic E-state index is 5.85. The fraction of sp³-hybridized carbons (Fsp3) is 0. The van der Waals surface area contributed by atoms with Crippen molar-refractivity contribution >= 4 is 35.0 Å². The summed E-state index contributed by atoms with van der Waals surface area (Å²) in [7, 11) is 0. The molecule has 7 heteroatoms. The van der Waals surface area contributed by atoms with Crippen LogP contribution in [0.1, 0.15) is 0 Å². The topological polar surface area (TPSA) is 51.6 Å². The molecule has 0 unspecified atom stereocenters. The molecule has 0 radical (unpaired) electrons. The average molecular weight is 259 g/mol. The van der Waals surface area contributed by atoms with Gasteiger partial charge in [-0.1, -0.05) is 35.0 Å². The third-order valence-corrected chi connectivity index (χ3v) is 3.01. The second-order valence-electron chi connectivity index (χ2n) is 2.47. The van der Waals surface area contributed by atoms with Crippen LogP contribution in [0.15, 0.2) is 34.6 Å². The zero-order valence-corrected chi connectivity index (χ0v) is 9.59. The molecule has 0 fully saturated rings. The fourth-order valence-electron chi connectivity index (χ4n) is 0.861. The third kappa shape index (κ3) is 2.77. The van der Waals surface area contributed by atoms with Crippen LogP contribution in [-0.4, -0.2) is 20.2 Å². The molecule has 0 aromatic carbocycles. The van der Waals surface area contributed by atoms with E-state index in [1.54, 1.807) is 18.3 Å². The van der Waals surface area contributed by atoms with Gasteiger partial charge in [0, 0.05) is 6.20 Å². The molecular weight excluding hydrogens is 255 g/mol. The Hall–Kier alpha value is -0.910.